The maximum absolute atomic E-state index is 11.7. The molecule has 0 aliphatic heterocycles. The summed E-state index contributed by atoms with van der Waals surface area (Å²) in [7, 11) is 0. The lowest BCUT2D eigenvalue weighted by molar-refractivity contribution is 0.0958. The Bertz CT molecular complexity index is 498. The van der Waals surface area contributed by atoms with Crippen LogP contribution in [0, 0.1) is 0 Å². The molecule has 0 unspecified atom stereocenters. The molecule has 3 nitrogen and oxygen atoms in total. The highest BCUT2D eigenvalue weighted by Crippen LogP contribution is 2.21. The molecule has 0 spiro atoms. The summed E-state index contributed by atoms with van der Waals surface area (Å²) in [6.07, 6.45) is 4.35. The quantitative estimate of drug-likeness (QED) is 0.943. The molecule has 2 rings (SSSR count). The molecule has 17 heavy (non-hydrogen) atoms. The van der Waals surface area contributed by atoms with Crippen molar-refractivity contribution in [1.82, 2.24) is 10.3 Å². The third-order valence-electron chi connectivity index (χ3n) is 2.22. The van der Waals surface area contributed by atoms with Gasteiger partial charge in [0.2, 0.25) is 0 Å². The van der Waals surface area contributed by atoms with E-state index in [2.05, 4.69) is 26.2 Å². The van der Waals surface area contributed by atoms with Gasteiger partial charge in [-0.2, -0.15) is 0 Å². The van der Waals surface area contributed by atoms with E-state index in [-0.39, 0.29) is 5.91 Å². The van der Waals surface area contributed by atoms with Crippen LogP contribution in [0.2, 0.25) is 0 Å². The summed E-state index contributed by atoms with van der Waals surface area (Å²) in [5, 5.41) is 2.88. The molecule has 1 amide bonds. The van der Waals surface area contributed by atoms with Crippen LogP contribution in [-0.4, -0.2) is 17.4 Å². The molecule has 2 heterocycles. The number of nitrogens with zero attached hydrogens (tertiary/aromatic N) is 1. The van der Waals surface area contributed by atoms with Crippen LogP contribution < -0.4 is 5.32 Å². The first-order valence-corrected chi connectivity index (χ1v) is 6.79. The molecule has 0 aromatic carbocycles. The van der Waals surface area contributed by atoms with E-state index in [1.165, 1.54) is 11.3 Å². The first-order valence-electron chi connectivity index (χ1n) is 5.18. The SMILES string of the molecule is O=C(NCCc1cccnc1)c1ccc(Br)s1. The molecule has 0 aliphatic rings. The van der Waals surface area contributed by atoms with Gasteiger partial charge in [-0.15, -0.1) is 11.3 Å². The highest BCUT2D eigenvalue weighted by molar-refractivity contribution is 9.11. The largest absolute Gasteiger partial charge is 0.351 e. The summed E-state index contributed by atoms with van der Waals surface area (Å²) >= 11 is 4.77. The predicted octanol–water partition coefficient (Wildman–Crippen LogP) is 2.88. The number of pyridine rings is 1. The Morgan fingerprint density at radius 1 is 1.41 bits per heavy atom. The van der Waals surface area contributed by atoms with Gasteiger partial charge in [-0.05, 0) is 46.1 Å². The summed E-state index contributed by atoms with van der Waals surface area (Å²) in [4.78, 5) is 16.5. The molecule has 2 aromatic rings. The van der Waals surface area contributed by atoms with Gasteiger partial charge in [0.25, 0.3) is 5.91 Å². The monoisotopic (exact) mass is 310 g/mol. The van der Waals surface area contributed by atoms with Gasteiger partial charge in [0.1, 0.15) is 0 Å². The Morgan fingerprint density at radius 2 is 2.29 bits per heavy atom. The molecule has 1 N–H and O–H groups in total. The number of carbonyl (C=O) groups excluding carboxylic acids is 1. The molecule has 0 bridgehead atoms. The van der Waals surface area contributed by atoms with Crippen molar-refractivity contribution in [1.29, 1.82) is 0 Å². The topological polar surface area (TPSA) is 42.0 Å². The van der Waals surface area contributed by atoms with E-state index in [0.717, 1.165) is 20.6 Å². The Kier molecular flexibility index (Phi) is 4.28. The molecule has 0 atom stereocenters. The number of halogens is 1. The molecule has 0 fully saturated rings. The van der Waals surface area contributed by atoms with Crippen molar-refractivity contribution in [2.24, 2.45) is 0 Å². The van der Waals surface area contributed by atoms with Crippen LogP contribution in [0.5, 0.6) is 0 Å². The van der Waals surface area contributed by atoms with E-state index < -0.39 is 0 Å². The van der Waals surface area contributed by atoms with Crippen LogP contribution in [0.25, 0.3) is 0 Å². The van der Waals surface area contributed by atoms with Crippen LogP contribution in [-0.2, 0) is 6.42 Å². The first kappa shape index (κ1) is 12.3. The minimum absolute atomic E-state index is 0.0235. The predicted molar refractivity (Wildman–Crippen MR) is 72.3 cm³/mol. The second kappa shape index (κ2) is 5.93. The Hall–Kier alpha value is -1.20. The van der Waals surface area contributed by atoms with Gasteiger partial charge < -0.3 is 5.32 Å². The van der Waals surface area contributed by atoms with Crippen molar-refractivity contribution < 1.29 is 4.79 Å². The summed E-state index contributed by atoms with van der Waals surface area (Å²) in [5.41, 5.74) is 1.13. The molecule has 0 aliphatic carbocycles. The molecule has 5 heteroatoms. The van der Waals surface area contributed by atoms with Crippen molar-refractivity contribution in [3.8, 4) is 0 Å². The zero-order valence-electron chi connectivity index (χ0n) is 9.02. The fraction of sp³-hybridized carbons (Fsp3) is 0.167. The maximum Gasteiger partial charge on any atom is 0.261 e. The van der Waals surface area contributed by atoms with Crippen molar-refractivity contribution in [2.45, 2.75) is 6.42 Å². The molecular formula is C12H11BrN2OS. The molecule has 0 radical (unpaired) electrons. The van der Waals surface area contributed by atoms with E-state index in [1.54, 1.807) is 6.20 Å². The maximum atomic E-state index is 11.7. The lowest BCUT2D eigenvalue weighted by atomic mass is 10.2. The summed E-state index contributed by atoms with van der Waals surface area (Å²) in [5.74, 6) is -0.0235. The van der Waals surface area contributed by atoms with E-state index in [9.17, 15) is 4.79 Å². The van der Waals surface area contributed by atoms with Crippen molar-refractivity contribution in [3.05, 3.63) is 50.9 Å². The van der Waals surface area contributed by atoms with Crippen molar-refractivity contribution in [2.75, 3.05) is 6.54 Å². The summed E-state index contributed by atoms with van der Waals surface area (Å²) < 4.78 is 0.968. The zero-order valence-corrected chi connectivity index (χ0v) is 11.4. The molecule has 88 valence electrons. The standard InChI is InChI=1S/C12H11BrN2OS/c13-11-4-3-10(17-11)12(16)15-7-5-9-2-1-6-14-8-9/h1-4,6,8H,5,7H2,(H,15,16). The molecular weight excluding hydrogens is 300 g/mol. The number of thiophene rings is 1. The first-order chi connectivity index (χ1) is 8.25. The lowest BCUT2D eigenvalue weighted by Gasteiger charge is -2.03. The van der Waals surface area contributed by atoms with Crippen molar-refractivity contribution in [3.63, 3.8) is 0 Å². The Morgan fingerprint density at radius 3 is 2.94 bits per heavy atom. The molecule has 2 aromatic heterocycles. The fourth-order valence-electron chi connectivity index (χ4n) is 1.39. The number of carbonyl (C=O) groups is 1. The smallest absolute Gasteiger partial charge is 0.261 e. The van der Waals surface area contributed by atoms with Crippen LogP contribution in [0.15, 0.2) is 40.4 Å². The van der Waals surface area contributed by atoms with Crippen LogP contribution in [0.1, 0.15) is 15.2 Å². The Labute approximate surface area is 112 Å². The molecule has 0 saturated carbocycles. The van der Waals surface area contributed by atoms with Crippen LogP contribution >= 0.6 is 27.3 Å². The minimum Gasteiger partial charge on any atom is -0.351 e. The number of hydrogen-bond acceptors (Lipinski definition) is 3. The van der Waals surface area contributed by atoms with Gasteiger partial charge in [0, 0.05) is 18.9 Å². The van der Waals surface area contributed by atoms with Gasteiger partial charge in [-0.1, -0.05) is 6.07 Å². The number of rotatable bonds is 4. The second-order valence-corrected chi connectivity index (χ2v) is 5.93. The Balaban J connectivity index is 1.81. The van der Waals surface area contributed by atoms with E-state index in [0.29, 0.717) is 6.54 Å². The summed E-state index contributed by atoms with van der Waals surface area (Å²) in [6.45, 7) is 0.625. The highest BCUT2D eigenvalue weighted by atomic mass is 79.9. The third-order valence-corrected chi connectivity index (χ3v) is 3.84. The number of nitrogens with one attached hydrogen (secondary N) is 1. The third kappa shape index (κ3) is 3.64. The zero-order chi connectivity index (χ0) is 12.1. The summed E-state index contributed by atoms with van der Waals surface area (Å²) in [6, 6.07) is 7.59. The lowest BCUT2D eigenvalue weighted by Crippen LogP contribution is -2.24. The van der Waals surface area contributed by atoms with E-state index in [1.807, 2.05) is 30.5 Å². The molecule has 0 saturated heterocycles. The number of hydrogen-bond donors (Lipinski definition) is 1. The van der Waals surface area contributed by atoms with E-state index in [4.69, 9.17) is 0 Å². The van der Waals surface area contributed by atoms with E-state index >= 15 is 0 Å². The van der Waals surface area contributed by atoms with Crippen molar-refractivity contribution >= 4 is 33.2 Å². The average Bonchev–Trinajstić information content (AvgIpc) is 2.77. The van der Waals surface area contributed by atoms with Gasteiger partial charge in [-0.3, -0.25) is 9.78 Å². The minimum atomic E-state index is -0.0235. The van der Waals surface area contributed by atoms with Gasteiger partial charge >= 0.3 is 0 Å². The highest BCUT2D eigenvalue weighted by Gasteiger charge is 2.07. The van der Waals surface area contributed by atoms with Gasteiger partial charge in [0.05, 0.1) is 8.66 Å². The number of amides is 1. The van der Waals surface area contributed by atoms with Gasteiger partial charge in [0.15, 0.2) is 0 Å². The fourth-order valence-corrected chi connectivity index (χ4v) is 2.69. The number of aromatic nitrogens is 1. The second-order valence-electron chi connectivity index (χ2n) is 3.47. The van der Waals surface area contributed by atoms with Gasteiger partial charge in [-0.25, -0.2) is 0 Å². The van der Waals surface area contributed by atoms with Crippen LogP contribution in [0.4, 0.5) is 0 Å². The normalized spacial score (nSPS) is 10.2. The van der Waals surface area contributed by atoms with Crippen LogP contribution in [0.3, 0.4) is 0 Å². The average molecular weight is 311 g/mol.